The van der Waals surface area contributed by atoms with Gasteiger partial charge >= 0.3 is 0 Å². The van der Waals surface area contributed by atoms with Gasteiger partial charge in [-0.05, 0) is 12.1 Å². The second kappa shape index (κ2) is 4.37. The molecule has 0 fully saturated rings. The Labute approximate surface area is 103 Å². The topological polar surface area (TPSA) is 67.2 Å². The van der Waals surface area contributed by atoms with Gasteiger partial charge in [-0.25, -0.2) is 4.98 Å². The number of aromatic nitrogens is 2. The van der Waals surface area contributed by atoms with Gasteiger partial charge in [0.05, 0.1) is 0 Å². The smallest absolute Gasteiger partial charge is 0.251 e. The first-order valence-electron chi connectivity index (χ1n) is 5.58. The highest BCUT2D eigenvalue weighted by Crippen LogP contribution is 2.09. The highest BCUT2D eigenvalue weighted by atomic mass is 16.1. The molecule has 3 rings (SSSR count). The average molecular weight is 238 g/mol. The van der Waals surface area contributed by atoms with E-state index in [-0.39, 0.29) is 5.91 Å². The Kier molecular flexibility index (Phi) is 2.57. The zero-order chi connectivity index (χ0) is 12.4. The van der Waals surface area contributed by atoms with E-state index in [1.54, 1.807) is 12.3 Å². The highest BCUT2D eigenvalue weighted by Gasteiger charge is 2.05. The largest absolute Gasteiger partial charge is 0.324 e. The van der Waals surface area contributed by atoms with E-state index in [9.17, 15) is 4.79 Å². The van der Waals surface area contributed by atoms with Gasteiger partial charge in [0.2, 0.25) is 5.95 Å². The van der Waals surface area contributed by atoms with Crippen molar-refractivity contribution in [1.82, 2.24) is 9.97 Å². The molecule has 0 atom stereocenters. The van der Waals surface area contributed by atoms with Crippen LogP contribution in [0.3, 0.4) is 0 Å². The van der Waals surface area contributed by atoms with Gasteiger partial charge in [-0.1, -0.05) is 24.3 Å². The summed E-state index contributed by atoms with van der Waals surface area (Å²) in [5, 5.41) is 3.86. The Bertz CT molecular complexity index is 710. The van der Waals surface area contributed by atoms with Crippen molar-refractivity contribution in [2.45, 2.75) is 6.42 Å². The molecule has 0 bridgehead atoms. The molecule has 5 heteroatoms. The van der Waals surface area contributed by atoms with Gasteiger partial charge in [0.1, 0.15) is 0 Å². The van der Waals surface area contributed by atoms with Gasteiger partial charge in [0, 0.05) is 23.5 Å². The SMILES string of the molecule is O=C1CC=c2cnc(Nc3ccccc3)nc2=N1. The zero-order valence-electron chi connectivity index (χ0n) is 9.50. The highest BCUT2D eigenvalue weighted by molar-refractivity contribution is 5.82. The monoisotopic (exact) mass is 238 g/mol. The molecule has 1 aromatic carbocycles. The molecule has 0 saturated heterocycles. The van der Waals surface area contributed by atoms with E-state index >= 15 is 0 Å². The summed E-state index contributed by atoms with van der Waals surface area (Å²) in [6.07, 6.45) is 3.78. The molecule has 0 spiro atoms. The molecule has 5 nitrogen and oxygen atoms in total. The molecule has 1 aliphatic rings. The number of hydrogen-bond donors (Lipinski definition) is 1. The summed E-state index contributed by atoms with van der Waals surface area (Å²) in [6.45, 7) is 0. The van der Waals surface area contributed by atoms with Crippen molar-refractivity contribution in [3.8, 4) is 0 Å². The van der Waals surface area contributed by atoms with Crippen molar-refractivity contribution in [3.63, 3.8) is 0 Å². The Balaban J connectivity index is 1.99. The summed E-state index contributed by atoms with van der Waals surface area (Å²) < 4.78 is 0. The second-order valence-corrected chi connectivity index (χ2v) is 3.88. The summed E-state index contributed by atoms with van der Waals surface area (Å²) in [6, 6.07) is 9.60. The van der Waals surface area contributed by atoms with Gasteiger partial charge in [-0.2, -0.15) is 9.98 Å². The van der Waals surface area contributed by atoms with Crippen molar-refractivity contribution in [2.24, 2.45) is 4.99 Å². The molecule has 0 unspecified atom stereocenters. The minimum Gasteiger partial charge on any atom is -0.324 e. The van der Waals surface area contributed by atoms with Gasteiger partial charge in [0.25, 0.3) is 5.91 Å². The number of carbonyl (C=O) groups excluding carboxylic acids is 1. The van der Waals surface area contributed by atoms with Crippen molar-refractivity contribution >= 4 is 23.6 Å². The number of anilines is 2. The molecule has 2 aromatic rings. The van der Waals surface area contributed by atoms with Crippen molar-refractivity contribution in [1.29, 1.82) is 0 Å². The number of carbonyl (C=O) groups is 1. The van der Waals surface area contributed by atoms with Gasteiger partial charge < -0.3 is 5.32 Å². The number of nitrogens with one attached hydrogen (secondary N) is 1. The minimum absolute atomic E-state index is 0.174. The van der Waals surface area contributed by atoms with E-state index in [0.29, 0.717) is 17.9 Å². The number of amides is 1. The van der Waals surface area contributed by atoms with Crippen LogP contribution in [0.5, 0.6) is 0 Å². The van der Waals surface area contributed by atoms with Gasteiger partial charge in [-0.3, -0.25) is 4.79 Å². The lowest BCUT2D eigenvalue weighted by Crippen LogP contribution is -2.33. The third-order valence-corrected chi connectivity index (χ3v) is 2.55. The molecule has 0 aliphatic carbocycles. The minimum atomic E-state index is -0.174. The molecule has 1 aliphatic heterocycles. The Morgan fingerprint density at radius 2 is 2.00 bits per heavy atom. The van der Waals surface area contributed by atoms with Crippen molar-refractivity contribution in [3.05, 3.63) is 47.2 Å². The van der Waals surface area contributed by atoms with Crippen molar-refractivity contribution in [2.75, 3.05) is 5.32 Å². The lowest BCUT2D eigenvalue weighted by molar-refractivity contribution is -0.117. The van der Waals surface area contributed by atoms with Crippen LogP contribution >= 0.6 is 0 Å². The standard InChI is InChI=1S/C13H10N4O/c18-11-7-6-9-8-14-13(17-12(9)16-11)15-10-4-2-1-3-5-10/h1-6,8H,7H2,(H,15,16,17,18). The van der Waals surface area contributed by atoms with E-state index in [2.05, 4.69) is 20.3 Å². The van der Waals surface area contributed by atoms with Crippen LogP contribution in [0, 0.1) is 0 Å². The quantitative estimate of drug-likeness (QED) is 0.829. The maximum atomic E-state index is 11.2. The van der Waals surface area contributed by atoms with E-state index in [1.165, 1.54) is 0 Å². The normalized spacial score (nSPS) is 13.2. The molecule has 1 N–H and O–H groups in total. The third-order valence-electron chi connectivity index (χ3n) is 2.55. The van der Waals surface area contributed by atoms with Crippen molar-refractivity contribution < 1.29 is 4.79 Å². The molecular formula is C13H10N4O. The number of hydrogen-bond acceptors (Lipinski definition) is 4. The van der Waals surface area contributed by atoms with Crippen LogP contribution < -0.4 is 16.0 Å². The maximum Gasteiger partial charge on any atom is 0.251 e. The molecule has 1 aromatic heterocycles. The first kappa shape index (κ1) is 10.6. The van der Waals surface area contributed by atoms with E-state index in [0.717, 1.165) is 10.9 Å². The number of fused-ring (bicyclic) bond motifs is 1. The first-order chi connectivity index (χ1) is 8.81. The molecule has 1 amide bonds. The first-order valence-corrected chi connectivity index (χ1v) is 5.58. The summed E-state index contributed by atoms with van der Waals surface area (Å²) >= 11 is 0. The van der Waals surface area contributed by atoms with Crippen LogP contribution in [-0.2, 0) is 4.79 Å². The van der Waals surface area contributed by atoms with Crippen LogP contribution in [0.1, 0.15) is 6.42 Å². The van der Waals surface area contributed by atoms with E-state index in [4.69, 9.17) is 0 Å². The summed E-state index contributed by atoms with van der Waals surface area (Å²) in [7, 11) is 0. The van der Waals surface area contributed by atoms with Crippen LogP contribution in [0.25, 0.3) is 6.08 Å². The molecule has 0 radical (unpaired) electrons. The molecule has 2 heterocycles. The maximum absolute atomic E-state index is 11.2. The van der Waals surface area contributed by atoms with Gasteiger partial charge in [0.15, 0.2) is 5.49 Å². The molecule has 18 heavy (non-hydrogen) atoms. The molecule has 88 valence electrons. The summed E-state index contributed by atoms with van der Waals surface area (Å²) in [5.74, 6) is 0.263. The lowest BCUT2D eigenvalue weighted by atomic mass is 10.3. The second-order valence-electron chi connectivity index (χ2n) is 3.88. The molecule has 0 saturated carbocycles. The zero-order valence-corrected chi connectivity index (χ0v) is 9.50. The number of benzene rings is 1. The fraction of sp³-hybridized carbons (Fsp3) is 0.0769. The number of para-hydroxylation sites is 1. The molecular weight excluding hydrogens is 228 g/mol. The lowest BCUT2D eigenvalue weighted by Gasteiger charge is -2.04. The Morgan fingerprint density at radius 3 is 2.83 bits per heavy atom. The summed E-state index contributed by atoms with van der Waals surface area (Å²) in [4.78, 5) is 23.5. The van der Waals surface area contributed by atoms with Crippen LogP contribution in [0.4, 0.5) is 11.6 Å². The van der Waals surface area contributed by atoms with Crippen LogP contribution in [0.15, 0.2) is 41.5 Å². The number of rotatable bonds is 2. The predicted molar refractivity (Wildman–Crippen MR) is 66.6 cm³/mol. The van der Waals surface area contributed by atoms with E-state index < -0.39 is 0 Å². The van der Waals surface area contributed by atoms with Gasteiger partial charge in [-0.15, -0.1) is 0 Å². The Morgan fingerprint density at radius 1 is 1.17 bits per heavy atom. The van der Waals surface area contributed by atoms with E-state index in [1.807, 2.05) is 30.3 Å². The fourth-order valence-electron chi connectivity index (χ4n) is 1.69. The Hall–Kier alpha value is -2.56. The third kappa shape index (κ3) is 2.10. The van der Waals surface area contributed by atoms with Crippen LogP contribution in [-0.4, -0.2) is 15.9 Å². The summed E-state index contributed by atoms with van der Waals surface area (Å²) in [5.41, 5.74) is 1.32. The fourth-order valence-corrected chi connectivity index (χ4v) is 1.69. The van der Waals surface area contributed by atoms with Crippen LogP contribution in [0.2, 0.25) is 0 Å². The average Bonchev–Trinajstić information content (AvgIpc) is 2.39. The number of nitrogens with zero attached hydrogens (tertiary/aromatic N) is 3. The predicted octanol–water partition coefficient (Wildman–Crippen LogP) is 0.551.